The van der Waals surface area contributed by atoms with Crippen LogP contribution in [0.25, 0.3) is 0 Å². The van der Waals surface area contributed by atoms with E-state index >= 15 is 0 Å². The molecule has 0 aromatic heterocycles. The fourth-order valence-electron chi connectivity index (χ4n) is 3.32. The number of carbonyl (C=O) groups is 2. The lowest BCUT2D eigenvalue weighted by atomic mass is 10.1. The van der Waals surface area contributed by atoms with Crippen molar-refractivity contribution in [3.05, 3.63) is 24.3 Å². The second-order valence-corrected chi connectivity index (χ2v) is 5.96. The summed E-state index contributed by atoms with van der Waals surface area (Å²) >= 11 is 0. The van der Waals surface area contributed by atoms with Gasteiger partial charge in [0.25, 0.3) is 0 Å². The first kappa shape index (κ1) is 13.9. The molecule has 1 aromatic rings. The van der Waals surface area contributed by atoms with Gasteiger partial charge >= 0.3 is 0 Å². The van der Waals surface area contributed by atoms with E-state index in [1.54, 1.807) is 12.1 Å². The second kappa shape index (κ2) is 5.76. The Labute approximate surface area is 124 Å². The molecule has 1 aliphatic heterocycles. The van der Waals surface area contributed by atoms with Gasteiger partial charge in [-0.2, -0.15) is 0 Å². The van der Waals surface area contributed by atoms with Crippen molar-refractivity contribution < 1.29 is 9.59 Å². The fraction of sp³-hybridized carbons (Fsp3) is 0.500. The smallest absolute Gasteiger partial charge is 0.229 e. The Balaban J connectivity index is 1.64. The first-order valence-corrected chi connectivity index (χ1v) is 7.60. The summed E-state index contributed by atoms with van der Waals surface area (Å²) in [5, 5.41) is 2.84. The van der Waals surface area contributed by atoms with Gasteiger partial charge in [0.2, 0.25) is 11.8 Å². The highest BCUT2D eigenvalue weighted by Crippen LogP contribution is 2.30. The molecule has 1 heterocycles. The third-order valence-corrected chi connectivity index (χ3v) is 4.51. The number of nitrogens with two attached hydrogens (primary N) is 1. The highest BCUT2D eigenvalue weighted by molar-refractivity contribution is 5.99. The maximum Gasteiger partial charge on any atom is 0.229 e. The molecule has 21 heavy (non-hydrogen) atoms. The Morgan fingerprint density at radius 3 is 2.67 bits per heavy atom. The quantitative estimate of drug-likeness (QED) is 0.835. The van der Waals surface area contributed by atoms with Crippen LogP contribution >= 0.6 is 0 Å². The van der Waals surface area contributed by atoms with E-state index in [9.17, 15) is 9.59 Å². The van der Waals surface area contributed by atoms with Crippen LogP contribution in [0.15, 0.2) is 24.3 Å². The largest absolute Gasteiger partial charge is 0.397 e. The molecule has 3 rings (SSSR count). The van der Waals surface area contributed by atoms with Crippen LogP contribution in [0, 0.1) is 5.92 Å². The summed E-state index contributed by atoms with van der Waals surface area (Å²) in [5.41, 5.74) is 6.99. The van der Waals surface area contributed by atoms with Crippen LogP contribution in [0.5, 0.6) is 0 Å². The van der Waals surface area contributed by atoms with Gasteiger partial charge < -0.3 is 16.0 Å². The molecule has 0 spiro atoms. The molecule has 1 aromatic carbocycles. The van der Waals surface area contributed by atoms with Crippen molar-refractivity contribution in [2.45, 2.75) is 38.1 Å². The molecule has 0 radical (unpaired) electrons. The van der Waals surface area contributed by atoms with E-state index in [1.165, 1.54) is 12.8 Å². The van der Waals surface area contributed by atoms with Crippen molar-refractivity contribution in [1.29, 1.82) is 0 Å². The van der Waals surface area contributed by atoms with E-state index in [1.807, 2.05) is 17.0 Å². The Bertz CT molecular complexity index is 552. The van der Waals surface area contributed by atoms with E-state index in [0.717, 1.165) is 12.8 Å². The molecule has 2 fully saturated rings. The van der Waals surface area contributed by atoms with Gasteiger partial charge in [0.05, 0.1) is 17.3 Å². The molecule has 5 heteroatoms. The van der Waals surface area contributed by atoms with Crippen LogP contribution < -0.4 is 11.1 Å². The average Bonchev–Trinajstić information content (AvgIpc) is 3.10. The first-order valence-electron chi connectivity index (χ1n) is 7.60. The second-order valence-electron chi connectivity index (χ2n) is 5.96. The summed E-state index contributed by atoms with van der Waals surface area (Å²) < 4.78 is 0. The lowest BCUT2D eigenvalue weighted by Gasteiger charge is -2.23. The lowest BCUT2D eigenvalue weighted by Crippen LogP contribution is -2.35. The third kappa shape index (κ3) is 2.86. The maximum atomic E-state index is 12.3. The van der Waals surface area contributed by atoms with Crippen molar-refractivity contribution in [3.63, 3.8) is 0 Å². The van der Waals surface area contributed by atoms with Gasteiger partial charge in [0.1, 0.15) is 0 Å². The van der Waals surface area contributed by atoms with Crippen LogP contribution in [-0.4, -0.2) is 29.3 Å². The van der Waals surface area contributed by atoms with Gasteiger partial charge in [-0.15, -0.1) is 0 Å². The molecule has 1 atom stereocenters. The van der Waals surface area contributed by atoms with Crippen LogP contribution in [0.1, 0.15) is 32.1 Å². The van der Waals surface area contributed by atoms with Crippen molar-refractivity contribution in [3.8, 4) is 0 Å². The zero-order valence-electron chi connectivity index (χ0n) is 12.0. The summed E-state index contributed by atoms with van der Waals surface area (Å²) in [6, 6.07) is 7.53. The Morgan fingerprint density at radius 1 is 1.24 bits per heavy atom. The van der Waals surface area contributed by atoms with E-state index in [4.69, 9.17) is 5.73 Å². The number of amides is 2. The number of nitrogens with zero attached hydrogens (tertiary/aromatic N) is 1. The van der Waals surface area contributed by atoms with Crippen LogP contribution in [0.4, 0.5) is 11.4 Å². The van der Waals surface area contributed by atoms with Gasteiger partial charge in [-0.05, 0) is 25.0 Å². The monoisotopic (exact) mass is 287 g/mol. The van der Waals surface area contributed by atoms with Gasteiger partial charge in [-0.3, -0.25) is 9.59 Å². The molecular weight excluding hydrogens is 266 g/mol. The minimum atomic E-state index is -0.266. The molecule has 1 saturated heterocycles. The number of hydrogen-bond acceptors (Lipinski definition) is 3. The number of carbonyl (C=O) groups excluding carboxylic acids is 2. The van der Waals surface area contributed by atoms with Crippen LogP contribution in [0.3, 0.4) is 0 Å². The average molecular weight is 287 g/mol. The predicted octanol–water partition coefficient (Wildman–Crippen LogP) is 2.00. The SMILES string of the molecule is Nc1ccccc1NC(=O)C1CC(=O)N(C2CCCC2)C1. The molecule has 1 saturated carbocycles. The number of benzene rings is 1. The van der Waals surface area contributed by atoms with Crippen molar-refractivity contribution >= 4 is 23.2 Å². The molecule has 3 N–H and O–H groups in total. The number of nitrogens with one attached hydrogen (secondary N) is 1. The van der Waals surface area contributed by atoms with Gasteiger partial charge in [-0.1, -0.05) is 25.0 Å². The fourth-order valence-corrected chi connectivity index (χ4v) is 3.32. The lowest BCUT2D eigenvalue weighted by molar-refractivity contribution is -0.129. The zero-order valence-corrected chi connectivity index (χ0v) is 12.0. The number of anilines is 2. The number of nitrogen functional groups attached to an aromatic ring is 1. The van der Waals surface area contributed by atoms with Crippen LogP contribution in [0.2, 0.25) is 0 Å². The summed E-state index contributed by atoms with van der Waals surface area (Å²) in [4.78, 5) is 26.4. The molecule has 2 aliphatic rings. The van der Waals surface area contributed by atoms with E-state index < -0.39 is 0 Å². The number of likely N-dealkylation sites (tertiary alicyclic amines) is 1. The highest BCUT2D eigenvalue weighted by Gasteiger charge is 2.38. The first-order chi connectivity index (χ1) is 10.1. The summed E-state index contributed by atoms with van der Waals surface area (Å²) in [6.45, 7) is 0.544. The maximum absolute atomic E-state index is 12.3. The third-order valence-electron chi connectivity index (χ3n) is 4.51. The molecule has 112 valence electrons. The summed E-state index contributed by atoms with van der Waals surface area (Å²) in [5.74, 6) is -0.262. The van der Waals surface area contributed by atoms with Crippen molar-refractivity contribution in [2.24, 2.45) is 5.92 Å². The van der Waals surface area contributed by atoms with Gasteiger partial charge in [0, 0.05) is 19.0 Å². The summed E-state index contributed by atoms with van der Waals surface area (Å²) in [7, 11) is 0. The Kier molecular flexibility index (Phi) is 3.82. The minimum absolute atomic E-state index is 0.109. The normalized spacial score (nSPS) is 22.8. The zero-order chi connectivity index (χ0) is 14.8. The number of rotatable bonds is 3. The predicted molar refractivity (Wildman–Crippen MR) is 81.6 cm³/mol. The molecule has 1 aliphatic carbocycles. The molecule has 0 bridgehead atoms. The minimum Gasteiger partial charge on any atom is -0.397 e. The van der Waals surface area contributed by atoms with Crippen molar-refractivity contribution in [1.82, 2.24) is 4.90 Å². The van der Waals surface area contributed by atoms with E-state index in [-0.39, 0.29) is 17.7 Å². The Morgan fingerprint density at radius 2 is 1.95 bits per heavy atom. The van der Waals surface area contributed by atoms with E-state index in [0.29, 0.717) is 30.4 Å². The molecular formula is C16H21N3O2. The topological polar surface area (TPSA) is 75.4 Å². The number of para-hydroxylation sites is 2. The Hall–Kier alpha value is -2.04. The van der Waals surface area contributed by atoms with Gasteiger partial charge in [0.15, 0.2) is 0 Å². The summed E-state index contributed by atoms with van der Waals surface area (Å²) in [6.07, 6.45) is 4.84. The van der Waals surface area contributed by atoms with Crippen LogP contribution in [-0.2, 0) is 9.59 Å². The standard InChI is InChI=1S/C16H21N3O2/c17-13-7-3-4-8-14(13)18-16(21)11-9-15(20)19(10-11)12-5-1-2-6-12/h3-4,7-8,11-12H,1-2,5-6,9-10,17H2,(H,18,21). The molecule has 2 amide bonds. The van der Waals surface area contributed by atoms with Crippen molar-refractivity contribution in [2.75, 3.05) is 17.6 Å². The number of hydrogen-bond donors (Lipinski definition) is 2. The van der Waals surface area contributed by atoms with E-state index in [2.05, 4.69) is 5.32 Å². The molecule has 5 nitrogen and oxygen atoms in total. The molecule has 1 unspecified atom stereocenters. The van der Waals surface area contributed by atoms with Gasteiger partial charge in [-0.25, -0.2) is 0 Å². The highest BCUT2D eigenvalue weighted by atomic mass is 16.2.